The van der Waals surface area contributed by atoms with Crippen molar-refractivity contribution in [3.8, 4) is 0 Å². The van der Waals surface area contributed by atoms with Gasteiger partial charge in [0, 0.05) is 11.3 Å². The van der Waals surface area contributed by atoms with Crippen molar-refractivity contribution in [2.75, 3.05) is 18.5 Å². The number of nitrogens with one attached hydrogen (secondary N) is 1. The zero-order valence-corrected chi connectivity index (χ0v) is 13.0. The molecule has 112 valence electrons. The number of anilines is 1. The van der Waals surface area contributed by atoms with Crippen LogP contribution in [0.4, 0.5) is 5.00 Å². The molecule has 0 bridgehead atoms. The summed E-state index contributed by atoms with van der Waals surface area (Å²) in [6, 6.07) is 1.73. The molecule has 0 aliphatic heterocycles. The third-order valence-electron chi connectivity index (χ3n) is 2.99. The molecule has 0 saturated heterocycles. The summed E-state index contributed by atoms with van der Waals surface area (Å²) in [6.07, 6.45) is 1.23. The van der Waals surface area contributed by atoms with Gasteiger partial charge in [-0.05, 0) is 32.4 Å². The summed E-state index contributed by atoms with van der Waals surface area (Å²) in [4.78, 5) is 24.7. The third-order valence-corrected chi connectivity index (χ3v) is 3.95. The number of ether oxygens (including phenoxy) is 1. The average molecular weight is 298 g/mol. The van der Waals surface area contributed by atoms with Gasteiger partial charge in [0.05, 0.1) is 12.2 Å². The highest BCUT2D eigenvalue weighted by atomic mass is 32.1. The predicted molar refractivity (Wildman–Crippen MR) is 81.1 cm³/mol. The molecule has 1 unspecified atom stereocenters. The molecular formula is C14H22N2O3S. The Bertz CT molecular complexity index is 467. The van der Waals surface area contributed by atoms with E-state index in [0.717, 1.165) is 11.3 Å². The van der Waals surface area contributed by atoms with Crippen LogP contribution in [0.25, 0.3) is 0 Å². The number of carbonyl (C=O) groups excluding carboxylic acids is 2. The van der Waals surface area contributed by atoms with E-state index in [9.17, 15) is 9.59 Å². The maximum atomic E-state index is 12.0. The summed E-state index contributed by atoms with van der Waals surface area (Å²) in [5, 5.41) is 3.35. The van der Waals surface area contributed by atoms with Gasteiger partial charge in [0.2, 0.25) is 5.91 Å². The molecule has 1 rings (SSSR count). The Balaban J connectivity index is 2.76. The van der Waals surface area contributed by atoms with E-state index in [2.05, 4.69) is 5.32 Å². The summed E-state index contributed by atoms with van der Waals surface area (Å²) in [7, 11) is 0. The van der Waals surface area contributed by atoms with Gasteiger partial charge in [-0.25, -0.2) is 4.79 Å². The number of nitrogens with two attached hydrogens (primary N) is 1. The van der Waals surface area contributed by atoms with Gasteiger partial charge >= 0.3 is 5.97 Å². The van der Waals surface area contributed by atoms with Crippen LogP contribution < -0.4 is 11.1 Å². The molecule has 0 aliphatic rings. The Kier molecular flexibility index (Phi) is 6.67. The van der Waals surface area contributed by atoms with Crippen molar-refractivity contribution in [1.29, 1.82) is 0 Å². The van der Waals surface area contributed by atoms with Crippen molar-refractivity contribution < 1.29 is 14.3 Å². The number of amides is 1. The first-order valence-corrected chi connectivity index (χ1v) is 7.60. The van der Waals surface area contributed by atoms with Gasteiger partial charge in [0.1, 0.15) is 5.00 Å². The molecule has 6 heteroatoms. The van der Waals surface area contributed by atoms with Crippen LogP contribution in [0, 0.1) is 12.8 Å². The number of thiophene rings is 1. The van der Waals surface area contributed by atoms with E-state index in [4.69, 9.17) is 10.5 Å². The van der Waals surface area contributed by atoms with Gasteiger partial charge in [0.15, 0.2) is 0 Å². The Morgan fingerprint density at radius 2 is 2.15 bits per heavy atom. The molecule has 5 nitrogen and oxygen atoms in total. The fraction of sp³-hybridized carbons (Fsp3) is 0.571. The standard InChI is InChI=1S/C14H22N2O3S/c1-4-10(8-15)7-12(17)16-13-11(6-9(3)20-13)14(18)19-5-2/h6,10H,4-5,7-8,15H2,1-3H3,(H,16,17). The highest BCUT2D eigenvalue weighted by Gasteiger charge is 2.19. The van der Waals surface area contributed by atoms with E-state index in [1.54, 1.807) is 13.0 Å². The second-order valence-corrected chi connectivity index (χ2v) is 5.84. The van der Waals surface area contributed by atoms with Gasteiger partial charge < -0.3 is 15.8 Å². The van der Waals surface area contributed by atoms with Crippen LogP contribution in [0.5, 0.6) is 0 Å². The fourth-order valence-electron chi connectivity index (χ4n) is 1.80. The molecule has 1 aromatic heterocycles. The van der Waals surface area contributed by atoms with Gasteiger partial charge in [-0.15, -0.1) is 11.3 Å². The van der Waals surface area contributed by atoms with Gasteiger partial charge in [-0.3, -0.25) is 4.79 Å². The second-order valence-electron chi connectivity index (χ2n) is 4.58. The van der Waals surface area contributed by atoms with Crippen molar-refractivity contribution in [2.45, 2.75) is 33.6 Å². The number of rotatable bonds is 7. The molecule has 20 heavy (non-hydrogen) atoms. The maximum Gasteiger partial charge on any atom is 0.341 e. The lowest BCUT2D eigenvalue weighted by Crippen LogP contribution is -2.22. The van der Waals surface area contributed by atoms with Crippen molar-refractivity contribution in [3.63, 3.8) is 0 Å². The summed E-state index contributed by atoms with van der Waals surface area (Å²) in [5.74, 6) is -0.352. The van der Waals surface area contributed by atoms with Crippen molar-refractivity contribution in [3.05, 3.63) is 16.5 Å². The van der Waals surface area contributed by atoms with E-state index in [-0.39, 0.29) is 11.8 Å². The first kappa shape index (κ1) is 16.7. The molecule has 0 aliphatic carbocycles. The highest BCUT2D eigenvalue weighted by molar-refractivity contribution is 7.16. The quantitative estimate of drug-likeness (QED) is 0.758. The predicted octanol–water partition coefficient (Wildman–Crippen LogP) is 2.55. The lowest BCUT2D eigenvalue weighted by atomic mass is 10.0. The molecule has 1 heterocycles. The molecule has 0 aromatic carbocycles. The number of esters is 1. The summed E-state index contributed by atoms with van der Waals surface area (Å²) < 4.78 is 4.98. The summed E-state index contributed by atoms with van der Waals surface area (Å²) in [5.41, 5.74) is 6.02. The molecule has 0 saturated carbocycles. The Morgan fingerprint density at radius 3 is 2.70 bits per heavy atom. The molecular weight excluding hydrogens is 276 g/mol. The molecule has 0 spiro atoms. The minimum atomic E-state index is -0.405. The lowest BCUT2D eigenvalue weighted by Gasteiger charge is -2.11. The molecule has 3 N–H and O–H groups in total. The fourth-order valence-corrected chi connectivity index (χ4v) is 2.72. The largest absolute Gasteiger partial charge is 0.462 e. The van der Waals surface area contributed by atoms with E-state index in [1.807, 2.05) is 13.8 Å². The first-order chi connectivity index (χ1) is 9.51. The average Bonchev–Trinajstić information content (AvgIpc) is 2.77. The van der Waals surface area contributed by atoms with E-state index < -0.39 is 5.97 Å². The number of hydrogen-bond donors (Lipinski definition) is 2. The van der Waals surface area contributed by atoms with Gasteiger partial charge in [-0.1, -0.05) is 13.3 Å². The third kappa shape index (κ3) is 4.61. The topological polar surface area (TPSA) is 81.4 Å². The van der Waals surface area contributed by atoms with Crippen LogP contribution in [0.15, 0.2) is 6.07 Å². The normalized spacial score (nSPS) is 12.0. The first-order valence-electron chi connectivity index (χ1n) is 6.79. The number of carbonyl (C=O) groups is 2. The SMILES string of the molecule is CCOC(=O)c1cc(C)sc1NC(=O)CC(CC)CN. The second kappa shape index (κ2) is 8.01. The lowest BCUT2D eigenvalue weighted by molar-refractivity contribution is -0.117. The minimum absolute atomic E-state index is 0.116. The summed E-state index contributed by atoms with van der Waals surface area (Å²) >= 11 is 1.38. The van der Waals surface area contributed by atoms with Crippen molar-refractivity contribution >= 4 is 28.2 Å². The van der Waals surface area contributed by atoms with Crippen LogP contribution in [0.2, 0.25) is 0 Å². The Hall–Kier alpha value is -1.40. The van der Waals surface area contributed by atoms with Gasteiger partial charge in [0.25, 0.3) is 0 Å². The van der Waals surface area contributed by atoms with Gasteiger partial charge in [-0.2, -0.15) is 0 Å². The van der Waals surface area contributed by atoms with Crippen LogP contribution in [0.1, 0.15) is 41.9 Å². The van der Waals surface area contributed by atoms with Crippen molar-refractivity contribution in [1.82, 2.24) is 0 Å². The number of aryl methyl sites for hydroxylation is 1. The number of hydrogen-bond acceptors (Lipinski definition) is 5. The Morgan fingerprint density at radius 1 is 1.45 bits per heavy atom. The maximum absolute atomic E-state index is 12.0. The van der Waals surface area contributed by atoms with Crippen LogP contribution in [-0.2, 0) is 9.53 Å². The zero-order valence-electron chi connectivity index (χ0n) is 12.2. The molecule has 1 atom stereocenters. The van der Waals surface area contributed by atoms with E-state index in [0.29, 0.717) is 30.1 Å². The molecule has 0 fully saturated rings. The smallest absolute Gasteiger partial charge is 0.341 e. The van der Waals surface area contributed by atoms with Crippen LogP contribution >= 0.6 is 11.3 Å². The highest BCUT2D eigenvalue weighted by Crippen LogP contribution is 2.28. The van der Waals surface area contributed by atoms with E-state index >= 15 is 0 Å². The van der Waals surface area contributed by atoms with Crippen LogP contribution in [-0.4, -0.2) is 25.0 Å². The molecule has 1 amide bonds. The Labute approximate surface area is 123 Å². The molecule has 1 aromatic rings. The van der Waals surface area contributed by atoms with E-state index in [1.165, 1.54) is 11.3 Å². The van der Waals surface area contributed by atoms with Crippen molar-refractivity contribution in [2.24, 2.45) is 11.7 Å². The minimum Gasteiger partial charge on any atom is -0.462 e. The summed E-state index contributed by atoms with van der Waals surface area (Å²) in [6.45, 7) is 6.44. The zero-order chi connectivity index (χ0) is 15.1. The van der Waals surface area contributed by atoms with Crippen LogP contribution in [0.3, 0.4) is 0 Å². The monoisotopic (exact) mass is 298 g/mol. The molecule has 0 radical (unpaired) electrons.